The van der Waals surface area contributed by atoms with E-state index in [9.17, 15) is 9.59 Å². The van der Waals surface area contributed by atoms with Crippen molar-refractivity contribution >= 4 is 11.9 Å². The van der Waals surface area contributed by atoms with Gasteiger partial charge in [-0.15, -0.1) is 0 Å². The van der Waals surface area contributed by atoms with Gasteiger partial charge in [0.1, 0.15) is 0 Å². The van der Waals surface area contributed by atoms with Gasteiger partial charge in [-0.1, -0.05) is 12.8 Å². The van der Waals surface area contributed by atoms with Crippen molar-refractivity contribution in [2.24, 2.45) is 5.92 Å². The Morgan fingerprint density at radius 1 is 1.05 bits per heavy atom. The molecule has 2 fully saturated rings. The molecule has 1 atom stereocenters. The minimum atomic E-state index is -0.102. The van der Waals surface area contributed by atoms with Crippen LogP contribution >= 0.6 is 0 Å². The molecule has 5 nitrogen and oxygen atoms in total. The van der Waals surface area contributed by atoms with Gasteiger partial charge in [-0.2, -0.15) is 0 Å². The molecule has 0 N–H and O–H groups in total. The van der Waals surface area contributed by atoms with Crippen molar-refractivity contribution in [2.75, 3.05) is 32.8 Å². The van der Waals surface area contributed by atoms with Gasteiger partial charge in [0.2, 0.25) is 5.91 Å². The number of nitrogens with zero attached hydrogens (tertiary/aromatic N) is 2. The molecule has 1 unspecified atom stereocenters. The van der Waals surface area contributed by atoms with Crippen LogP contribution in [0.5, 0.6) is 0 Å². The number of hydrogen-bond donors (Lipinski definition) is 0. The van der Waals surface area contributed by atoms with Crippen molar-refractivity contribution in [3.63, 3.8) is 0 Å². The second-order valence-electron chi connectivity index (χ2n) is 6.48. The second kappa shape index (κ2) is 8.51. The van der Waals surface area contributed by atoms with Crippen LogP contribution in [0.2, 0.25) is 0 Å². The molecule has 0 spiro atoms. The summed E-state index contributed by atoms with van der Waals surface area (Å²) in [6, 6.07) is -0.0303. The Labute approximate surface area is 134 Å². The summed E-state index contributed by atoms with van der Waals surface area (Å²) in [4.78, 5) is 28.7. The van der Waals surface area contributed by atoms with E-state index in [-0.39, 0.29) is 23.8 Å². The highest BCUT2D eigenvalue weighted by Gasteiger charge is 2.31. The van der Waals surface area contributed by atoms with Crippen molar-refractivity contribution in [3.05, 3.63) is 0 Å². The van der Waals surface area contributed by atoms with Crippen LogP contribution in [0.25, 0.3) is 0 Å². The molecule has 0 saturated carbocycles. The van der Waals surface area contributed by atoms with Crippen molar-refractivity contribution in [3.8, 4) is 0 Å². The monoisotopic (exact) mass is 310 g/mol. The molecule has 0 radical (unpaired) electrons. The summed E-state index contributed by atoms with van der Waals surface area (Å²) >= 11 is 0. The fraction of sp³-hybridized carbons (Fsp3) is 0.882. The fourth-order valence-electron chi connectivity index (χ4n) is 3.50. The van der Waals surface area contributed by atoms with Crippen molar-refractivity contribution < 1.29 is 14.3 Å². The molecular formula is C17H30N2O3. The molecule has 1 amide bonds. The van der Waals surface area contributed by atoms with Crippen LogP contribution in [-0.2, 0) is 14.3 Å². The summed E-state index contributed by atoms with van der Waals surface area (Å²) in [6.07, 6.45) is 6.42. The third-order valence-electron chi connectivity index (χ3n) is 4.97. The Balaban J connectivity index is 1.82. The number of esters is 1. The first kappa shape index (κ1) is 17.3. The SMILES string of the molecule is CCOC(=O)C1CCN(C(=O)C(C)N2CCCCCC2)CC1. The molecular weight excluding hydrogens is 280 g/mol. The Hall–Kier alpha value is -1.10. The molecule has 2 saturated heterocycles. The number of piperidine rings is 1. The summed E-state index contributed by atoms with van der Waals surface area (Å²) in [6.45, 7) is 7.73. The van der Waals surface area contributed by atoms with Crippen LogP contribution in [0.3, 0.4) is 0 Å². The van der Waals surface area contributed by atoms with Crippen LogP contribution in [-0.4, -0.2) is 60.5 Å². The van der Waals surface area contributed by atoms with E-state index in [1.165, 1.54) is 25.7 Å². The quantitative estimate of drug-likeness (QED) is 0.746. The van der Waals surface area contributed by atoms with E-state index < -0.39 is 0 Å². The van der Waals surface area contributed by atoms with Crippen LogP contribution in [0.4, 0.5) is 0 Å². The highest BCUT2D eigenvalue weighted by Crippen LogP contribution is 2.21. The Bertz CT molecular complexity index is 370. The van der Waals surface area contributed by atoms with Crippen LogP contribution in [0.15, 0.2) is 0 Å². The molecule has 0 aromatic rings. The normalized spacial score (nSPS) is 22.9. The number of amides is 1. The molecule has 0 bridgehead atoms. The minimum Gasteiger partial charge on any atom is -0.466 e. The first-order valence-corrected chi connectivity index (χ1v) is 8.83. The number of hydrogen-bond acceptors (Lipinski definition) is 4. The first-order chi connectivity index (χ1) is 10.6. The zero-order chi connectivity index (χ0) is 15.9. The third-order valence-corrected chi connectivity index (χ3v) is 4.97. The van der Waals surface area contributed by atoms with Gasteiger partial charge >= 0.3 is 5.97 Å². The van der Waals surface area contributed by atoms with Crippen molar-refractivity contribution in [2.45, 2.75) is 58.4 Å². The van der Waals surface area contributed by atoms with Crippen molar-refractivity contribution in [1.82, 2.24) is 9.80 Å². The third kappa shape index (κ3) is 4.45. The maximum absolute atomic E-state index is 12.7. The van der Waals surface area contributed by atoms with Crippen LogP contribution in [0, 0.1) is 5.92 Å². The predicted octanol–water partition coefficient (Wildman–Crippen LogP) is 2.05. The standard InChI is InChI=1S/C17H30N2O3/c1-3-22-17(21)15-8-12-19(13-9-15)16(20)14(2)18-10-6-4-5-7-11-18/h14-15H,3-13H2,1-2H3. The highest BCUT2D eigenvalue weighted by molar-refractivity contribution is 5.82. The summed E-state index contributed by atoms with van der Waals surface area (Å²) in [5.41, 5.74) is 0. The Morgan fingerprint density at radius 3 is 2.18 bits per heavy atom. The fourth-order valence-corrected chi connectivity index (χ4v) is 3.50. The molecule has 126 valence electrons. The predicted molar refractivity (Wildman–Crippen MR) is 85.4 cm³/mol. The molecule has 0 aromatic carbocycles. The smallest absolute Gasteiger partial charge is 0.309 e. The number of rotatable bonds is 4. The number of likely N-dealkylation sites (tertiary alicyclic amines) is 2. The van der Waals surface area contributed by atoms with Gasteiger partial charge < -0.3 is 9.64 Å². The summed E-state index contributed by atoms with van der Waals surface area (Å²) < 4.78 is 5.08. The molecule has 2 aliphatic heterocycles. The average molecular weight is 310 g/mol. The molecule has 2 aliphatic rings. The zero-order valence-corrected chi connectivity index (χ0v) is 14.1. The lowest BCUT2D eigenvalue weighted by atomic mass is 9.96. The van der Waals surface area contributed by atoms with Crippen molar-refractivity contribution in [1.29, 1.82) is 0 Å². The highest BCUT2D eigenvalue weighted by atomic mass is 16.5. The van der Waals surface area contributed by atoms with Gasteiger partial charge in [-0.05, 0) is 52.6 Å². The second-order valence-corrected chi connectivity index (χ2v) is 6.48. The topological polar surface area (TPSA) is 49.9 Å². The lowest BCUT2D eigenvalue weighted by Gasteiger charge is -2.35. The van der Waals surface area contributed by atoms with E-state index in [0.29, 0.717) is 19.7 Å². The van der Waals surface area contributed by atoms with E-state index in [1.807, 2.05) is 18.7 Å². The Kier molecular flexibility index (Phi) is 6.68. The summed E-state index contributed by atoms with van der Waals surface area (Å²) in [7, 11) is 0. The van der Waals surface area contributed by atoms with E-state index in [1.54, 1.807) is 0 Å². The average Bonchev–Trinajstić information content (AvgIpc) is 2.83. The van der Waals surface area contributed by atoms with Gasteiger partial charge in [0.15, 0.2) is 0 Å². The van der Waals surface area contributed by atoms with Crippen LogP contribution < -0.4 is 0 Å². The summed E-state index contributed by atoms with van der Waals surface area (Å²) in [5.74, 6) is 0.0943. The van der Waals surface area contributed by atoms with Gasteiger partial charge in [0.05, 0.1) is 18.6 Å². The summed E-state index contributed by atoms with van der Waals surface area (Å²) in [5, 5.41) is 0. The van der Waals surface area contributed by atoms with Gasteiger partial charge in [-0.3, -0.25) is 14.5 Å². The zero-order valence-electron chi connectivity index (χ0n) is 14.1. The van der Waals surface area contributed by atoms with Gasteiger partial charge in [0, 0.05) is 13.1 Å². The first-order valence-electron chi connectivity index (χ1n) is 8.83. The Morgan fingerprint density at radius 2 is 1.64 bits per heavy atom. The molecule has 5 heteroatoms. The molecule has 2 heterocycles. The maximum atomic E-state index is 12.7. The molecule has 0 aliphatic carbocycles. The number of carbonyl (C=O) groups excluding carboxylic acids is 2. The molecule has 2 rings (SSSR count). The number of ether oxygens (including phenoxy) is 1. The minimum absolute atomic E-state index is 0.0301. The lowest BCUT2D eigenvalue weighted by Crippen LogP contribution is -2.50. The van der Waals surface area contributed by atoms with E-state index in [0.717, 1.165) is 25.9 Å². The van der Waals surface area contributed by atoms with Gasteiger partial charge in [-0.25, -0.2) is 0 Å². The van der Waals surface area contributed by atoms with Crippen LogP contribution in [0.1, 0.15) is 52.4 Å². The maximum Gasteiger partial charge on any atom is 0.309 e. The van der Waals surface area contributed by atoms with E-state index in [4.69, 9.17) is 4.74 Å². The van der Waals surface area contributed by atoms with Gasteiger partial charge in [0.25, 0.3) is 0 Å². The molecule has 0 aromatic heterocycles. The molecule has 22 heavy (non-hydrogen) atoms. The van der Waals surface area contributed by atoms with E-state index >= 15 is 0 Å². The largest absolute Gasteiger partial charge is 0.466 e. The lowest BCUT2D eigenvalue weighted by molar-refractivity contribution is -0.152. The number of carbonyl (C=O) groups is 2. The van der Waals surface area contributed by atoms with E-state index in [2.05, 4.69) is 4.90 Å².